The predicted octanol–water partition coefficient (Wildman–Crippen LogP) is 1.25. The molecule has 6 nitrogen and oxygen atoms in total. The Hall–Kier alpha value is -2.81. The van der Waals surface area contributed by atoms with Gasteiger partial charge < -0.3 is 10.4 Å². The third-order valence-electron chi connectivity index (χ3n) is 2.42. The van der Waals surface area contributed by atoms with Crippen LogP contribution in [0.25, 0.3) is 0 Å². The highest BCUT2D eigenvalue weighted by Crippen LogP contribution is 2.15. The molecule has 0 saturated carbocycles. The smallest absolute Gasteiger partial charge is 0.256 e. The minimum Gasteiger partial charge on any atom is -0.508 e. The quantitative estimate of drug-likeness (QED) is 0.829. The number of nitriles is 1. The van der Waals surface area contributed by atoms with Gasteiger partial charge in [-0.2, -0.15) is 10.4 Å². The van der Waals surface area contributed by atoms with Crippen LogP contribution in [0.4, 0.5) is 5.82 Å². The highest BCUT2D eigenvalue weighted by molar-refractivity contribution is 6.04. The van der Waals surface area contributed by atoms with Crippen LogP contribution in [0.1, 0.15) is 15.9 Å². The van der Waals surface area contributed by atoms with Crippen LogP contribution in [0, 0.1) is 11.3 Å². The molecule has 18 heavy (non-hydrogen) atoms. The number of amides is 1. The van der Waals surface area contributed by atoms with Crippen molar-refractivity contribution < 1.29 is 9.90 Å². The Morgan fingerprint density at radius 3 is 2.72 bits per heavy atom. The highest BCUT2D eigenvalue weighted by Gasteiger charge is 2.12. The van der Waals surface area contributed by atoms with Crippen LogP contribution in [-0.4, -0.2) is 20.8 Å². The van der Waals surface area contributed by atoms with Crippen molar-refractivity contribution in [2.45, 2.75) is 0 Å². The monoisotopic (exact) mass is 242 g/mol. The summed E-state index contributed by atoms with van der Waals surface area (Å²) in [5.74, 6) is 0.0653. The first-order chi connectivity index (χ1) is 8.61. The minimum atomic E-state index is -0.366. The average Bonchev–Trinajstić information content (AvgIpc) is 2.71. The molecule has 1 aromatic heterocycles. The Balaban J connectivity index is 2.24. The van der Waals surface area contributed by atoms with Crippen LogP contribution in [-0.2, 0) is 7.05 Å². The van der Waals surface area contributed by atoms with Gasteiger partial charge in [0.1, 0.15) is 23.2 Å². The van der Waals surface area contributed by atoms with Crippen LogP contribution in [0.3, 0.4) is 0 Å². The largest absolute Gasteiger partial charge is 0.508 e. The maximum Gasteiger partial charge on any atom is 0.256 e. The van der Waals surface area contributed by atoms with E-state index >= 15 is 0 Å². The van der Waals surface area contributed by atoms with Crippen molar-refractivity contribution in [1.29, 1.82) is 5.26 Å². The number of phenols is 1. The molecule has 0 fully saturated rings. The maximum atomic E-state index is 11.9. The second-order valence-electron chi connectivity index (χ2n) is 3.64. The summed E-state index contributed by atoms with van der Waals surface area (Å²) in [6, 6.07) is 7.77. The van der Waals surface area contributed by atoms with Crippen molar-refractivity contribution in [3.63, 3.8) is 0 Å². The van der Waals surface area contributed by atoms with E-state index in [4.69, 9.17) is 10.4 Å². The van der Waals surface area contributed by atoms with Gasteiger partial charge in [0.2, 0.25) is 0 Å². The molecule has 0 radical (unpaired) electrons. The van der Waals surface area contributed by atoms with E-state index in [1.54, 1.807) is 7.05 Å². The molecule has 0 aliphatic rings. The molecule has 0 atom stereocenters. The van der Waals surface area contributed by atoms with Gasteiger partial charge in [0.25, 0.3) is 5.91 Å². The molecule has 0 unspecified atom stereocenters. The number of aromatic hydroxyl groups is 1. The fourth-order valence-electron chi connectivity index (χ4n) is 1.46. The van der Waals surface area contributed by atoms with Crippen molar-refractivity contribution >= 4 is 11.7 Å². The Morgan fingerprint density at radius 2 is 2.11 bits per heavy atom. The lowest BCUT2D eigenvalue weighted by Gasteiger charge is -2.06. The number of anilines is 1. The second-order valence-corrected chi connectivity index (χ2v) is 3.64. The van der Waals surface area contributed by atoms with Gasteiger partial charge in [-0.1, -0.05) is 0 Å². The van der Waals surface area contributed by atoms with Gasteiger partial charge in [0, 0.05) is 12.6 Å². The number of rotatable bonds is 2. The SMILES string of the molecule is Cn1ncc(C#N)c1NC(=O)c1ccc(O)cc1. The summed E-state index contributed by atoms with van der Waals surface area (Å²) in [5.41, 5.74) is 0.683. The number of nitrogens with zero attached hydrogens (tertiary/aromatic N) is 3. The number of carbonyl (C=O) groups excluding carboxylic acids is 1. The zero-order valence-corrected chi connectivity index (χ0v) is 9.58. The molecule has 0 saturated heterocycles. The van der Waals surface area contributed by atoms with E-state index in [1.807, 2.05) is 6.07 Å². The van der Waals surface area contributed by atoms with Crippen LogP contribution < -0.4 is 5.32 Å². The van der Waals surface area contributed by atoms with Gasteiger partial charge in [-0.3, -0.25) is 9.48 Å². The fraction of sp³-hybridized carbons (Fsp3) is 0.0833. The van der Waals surface area contributed by atoms with Gasteiger partial charge in [0.15, 0.2) is 0 Å². The maximum absolute atomic E-state index is 11.9. The summed E-state index contributed by atoms with van der Waals surface area (Å²) in [5, 5.41) is 24.5. The van der Waals surface area contributed by atoms with Crippen LogP contribution >= 0.6 is 0 Å². The Kier molecular flexibility index (Phi) is 2.98. The second kappa shape index (κ2) is 4.59. The lowest BCUT2D eigenvalue weighted by Crippen LogP contribution is -2.15. The summed E-state index contributed by atoms with van der Waals surface area (Å²) in [6.07, 6.45) is 1.38. The van der Waals surface area contributed by atoms with Crippen molar-refractivity contribution in [2.24, 2.45) is 7.05 Å². The zero-order valence-electron chi connectivity index (χ0n) is 9.58. The van der Waals surface area contributed by atoms with E-state index in [0.29, 0.717) is 16.9 Å². The van der Waals surface area contributed by atoms with Gasteiger partial charge >= 0.3 is 0 Å². The van der Waals surface area contributed by atoms with Crippen molar-refractivity contribution in [2.75, 3.05) is 5.32 Å². The lowest BCUT2D eigenvalue weighted by atomic mass is 10.2. The fourth-order valence-corrected chi connectivity index (χ4v) is 1.46. The molecule has 0 bridgehead atoms. The molecule has 1 amide bonds. The molecule has 1 heterocycles. The first kappa shape index (κ1) is 11.7. The number of benzene rings is 1. The molecule has 1 aromatic carbocycles. The van der Waals surface area contributed by atoms with E-state index < -0.39 is 0 Å². The number of phenolic OH excluding ortho intramolecular Hbond substituents is 1. The summed E-state index contributed by atoms with van der Waals surface area (Å²) in [6.45, 7) is 0. The van der Waals surface area contributed by atoms with Crippen molar-refractivity contribution in [3.05, 3.63) is 41.6 Å². The van der Waals surface area contributed by atoms with E-state index in [9.17, 15) is 4.79 Å². The molecule has 2 N–H and O–H groups in total. The topological polar surface area (TPSA) is 90.9 Å². The number of nitrogens with one attached hydrogen (secondary N) is 1. The highest BCUT2D eigenvalue weighted by atomic mass is 16.3. The zero-order chi connectivity index (χ0) is 13.1. The molecule has 6 heteroatoms. The number of hydrogen-bond donors (Lipinski definition) is 2. The molecule has 0 aliphatic carbocycles. The normalized spacial score (nSPS) is 9.78. The van der Waals surface area contributed by atoms with Crippen LogP contribution in [0.15, 0.2) is 30.5 Å². The molecular weight excluding hydrogens is 232 g/mol. The van der Waals surface area contributed by atoms with E-state index in [-0.39, 0.29) is 11.7 Å². The van der Waals surface area contributed by atoms with Crippen LogP contribution in [0.5, 0.6) is 5.75 Å². The first-order valence-electron chi connectivity index (χ1n) is 5.14. The first-order valence-corrected chi connectivity index (χ1v) is 5.14. The van der Waals surface area contributed by atoms with Crippen molar-refractivity contribution in [1.82, 2.24) is 9.78 Å². The molecule has 0 aliphatic heterocycles. The molecule has 90 valence electrons. The predicted molar refractivity (Wildman–Crippen MR) is 64.0 cm³/mol. The Bertz CT molecular complexity index is 623. The standard InChI is InChI=1S/C12H10N4O2/c1-16-11(9(6-13)7-14-16)15-12(18)8-2-4-10(17)5-3-8/h2-5,7,17H,1H3,(H,15,18). The number of aryl methyl sites for hydroxylation is 1. The number of aromatic nitrogens is 2. The third-order valence-corrected chi connectivity index (χ3v) is 2.42. The Labute approximate surface area is 103 Å². The number of hydrogen-bond acceptors (Lipinski definition) is 4. The summed E-state index contributed by atoms with van der Waals surface area (Å²) >= 11 is 0. The molecule has 2 aromatic rings. The van der Waals surface area contributed by atoms with Gasteiger partial charge in [-0.15, -0.1) is 0 Å². The third kappa shape index (κ3) is 2.15. The van der Waals surface area contributed by atoms with Gasteiger partial charge in [0.05, 0.1) is 6.20 Å². The summed E-state index contributed by atoms with van der Waals surface area (Å²) < 4.78 is 1.41. The molecule has 2 rings (SSSR count). The molecule has 0 spiro atoms. The summed E-state index contributed by atoms with van der Waals surface area (Å²) in [4.78, 5) is 11.9. The summed E-state index contributed by atoms with van der Waals surface area (Å²) in [7, 11) is 1.63. The number of carbonyl (C=O) groups is 1. The average molecular weight is 242 g/mol. The molecular formula is C12H10N4O2. The van der Waals surface area contributed by atoms with Crippen LogP contribution in [0.2, 0.25) is 0 Å². The lowest BCUT2D eigenvalue weighted by molar-refractivity contribution is 0.102. The van der Waals surface area contributed by atoms with Gasteiger partial charge in [-0.05, 0) is 24.3 Å². The minimum absolute atomic E-state index is 0.0878. The van der Waals surface area contributed by atoms with E-state index in [2.05, 4.69) is 10.4 Å². The van der Waals surface area contributed by atoms with E-state index in [1.165, 1.54) is 35.1 Å². The van der Waals surface area contributed by atoms with Crippen molar-refractivity contribution in [3.8, 4) is 11.8 Å². The Morgan fingerprint density at radius 1 is 1.44 bits per heavy atom. The van der Waals surface area contributed by atoms with E-state index in [0.717, 1.165) is 0 Å². The van der Waals surface area contributed by atoms with Gasteiger partial charge in [-0.25, -0.2) is 0 Å².